The smallest absolute Gasteiger partial charge is 0.261 e. The Labute approximate surface area is 238 Å². The zero-order chi connectivity index (χ0) is 28.5. The second kappa shape index (κ2) is 14.0. The molecule has 212 valence electrons. The van der Waals surface area contributed by atoms with Crippen LogP contribution in [0, 0.1) is 0 Å². The monoisotopic (exact) mass is 565 g/mol. The molecule has 0 unspecified atom stereocenters. The van der Waals surface area contributed by atoms with E-state index in [-0.39, 0.29) is 24.5 Å². The number of carbonyl (C=O) groups is 3. The van der Waals surface area contributed by atoms with Crippen molar-refractivity contribution >= 4 is 34.7 Å². The van der Waals surface area contributed by atoms with E-state index in [4.69, 9.17) is 14.2 Å². The van der Waals surface area contributed by atoms with E-state index in [0.717, 1.165) is 24.8 Å². The van der Waals surface area contributed by atoms with Gasteiger partial charge in [0.1, 0.15) is 6.04 Å². The van der Waals surface area contributed by atoms with Crippen LogP contribution in [0.4, 0.5) is 5.69 Å². The van der Waals surface area contributed by atoms with E-state index in [1.807, 2.05) is 31.2 Å². The molecule has 1 aromatic heterocycles. The summed E-state index contributed by atoms with van der Waals surface area (Å²) in [6.45, 7) is 2.74. The maximum atomic E-state index is 13.9. The Kier molecular flexibility index (Phi) is 10.2. The van der Waals surface area contributed by atoms with Crippen molar-refractivity contribution in [1.29, 1.82) is 0 Å². The Balaban J connectivity index is 1.71. The van der Waals surface area contributed by atoms with Crippen LogP contribution in [0.25, 0.3) is 0 Å². The van der Waals surface area contributed by atoms with Gasteiger partial charge in [-0.05, 0) is 66.1 Å². The molecular formula is C30H35N3O6S. The van der Waals surface area contributed by atoms with Gasteiger partial charge in [0, 0.05) is 18.8 Å². The Morgan fingerprint density at radius 3 is 2.45 bits per heavy atom. The van der Waals surface area contributed by atoms with Crippen LogP contribution in [0.3, 0.4) is 0 Å². The maximum absolute atomic E-state index is 13.9. The highest BCUT2D eigenvalue weighted by atomic mass is 32.1. The molecule has 0 aliphatic carbocycles. The van der Waals surface area contributed by atoms with E-state index < -0.39 is 11.9 Å². The minimum Gasteiger partial charge on any atom is -0.493 e. The van der Waals surface area contributed by atoms with E-state index in [0.29, 0.717) is 40.8 Å². The number of nitrogens with one attached hydrogen (secondary N) is 2. The fourth-order valence-corrected chi connectivity index (χ4v) is 5.26. The lowest BCUT2D eigenvalue weighted by atomic mass is 10.0. The van der Waals surface area contributed by atoms with Gasteiger partial charge in [0.15, 0.2) is 11.5 Å². The van der Waals surface area contributed by atoms with Gasteiger partial charge in [-0.1, -0.05) is 31.2 Å². The van der Waals surface area contributed by atoms with Gasteiger partial charge in [-0.25, -0.2) is 0 Å². The molecule has 1 aliphatic rings. The standard InChI is InChI=1S/C30H35N3O6S/c1-4-20-9-12-22(13-10-20)33(27(34)19-32-29(35)26-8-6-16-40-26)28(30(36)31-18-23-7-5-15-39-23)21-11-14-24(37-2)25(17-21)38-3/h6,8-14,16-17,23,28H,4-5,7,15,18-19H2,1-3H3,(H,31,36)(H,32,35)/t23-,28+/m1/s1. The van der Waals surface area contributed by atoms with Gasteiger partial charge in [0.05, 0.1) is 31.7 Å². The van der Waals surface area contributed by atoms with Crippen molar-refractivity contribution in [2.75, 3.05) is 38.8 Å². The van der Waals surface area contributed by atoms with E-state index in [1.165, 1.54) is 30.5 Å². The number of rotatable bonds is 12. The highest BCUT2D eigenvalue weighted by Crippen LogP contribution is 2.34. The number of thiophene rings is 1. The van der Waals surface area contributed by atoms with Crippen LogP contribution >= 0.6 is 11.3 Å². The number of hydrogen-bond donors (Lipinski definition) is 2. The molecule has 0 saturated carbocycles. The second-order valence-corrected chi connectivity index (χ2v) is 10.3. The van der Waals surface area contributed by atoms with Crippen LogP contribution in [0.1, 0.15) is 46.6 Å². The molecule has 0 radical (unpaired) electrons. The van der Waals surface area contributed by atoms with E-state index in [2.05, 4.69) is 10.6 Å². The minimum absolute atomic E-state index is 0.0759. The number of ether oxygens (including phenoxy) is 3. The molecule has 2 N–H and O–H groups in total. The molecule has 1 saturated heterocycles. The van der Waals surface area contributed by atoms with Crippen molar-refractivity contribution < 1.29 is 28.6 Å². The average Bonchev–Trinajstić information content (AvgIpc) is 3.72. The third-order valence-electron chi connectivity index (χ3n) is 6.79. The summed E-state index contributed by atoms with van der Waals surface area (Å²) in [7, 11) is 3.05. The predicted molar refractivity (Wildman–Crippen MR) is 154 cm³/mol. The molecule has 9 nitrogen and oxygen atoms in total. The number of nitrogens with zero attached hydrogens (tertiary/aromatic N) is 1. The van der Waals surface area contributed by atoms with Gasteiger partial charge in [-0.2, -0.15) is 0 Å². The van der Waals surface area contributed by atoms with Gasteiger partial charge >= 0.3 is 0 Å². The Morgan fingerprint density at radius 2 is 1.82 bits per heavy atom. The molecule has 2 heterocycles. The number of anilines is 1. The summed E-state index contributed by atoms with van der Waals surface area (Å²) in [6, 6.07) is 15.0. The molecule has 0 spiro atoms. The fraction of sp³-hybridized carbons (Fsp3) is 0.367. The minimum atomic E-state index is -1.06. The van der Waals surface area contributed by atoms with Crippen molar-refractivity contribution in [3.8, 4) is 11.5 Å². The summed E-state index contributed by atoms with van der Waals surface area (Å²) in [4.78, 5) is 42.4. The molecule has 3 aromatic rings. The van der Waals surface area contributed by atoms with Crippen molar-refractivity contribution in [3.63, 3.8) is 0 Å². The molecular weight excluding hydrogens is 530 g/mol. The molecule has 3 amide bonds. The van der Waals surface area contributed by atoms with E-state index in [1.54, 1.807) is 35.7 Å². The maximum Gasteiger partial charge on any atom is 0.261 e. The van der Waals surface area contributed by atoms with Gasteiger partial charge < -0.3 is 24.8 Å². The van der Waals surface area contributed by atoms with Crippen LogP contribution in [-0.4, -0.2) is 57.7 Å². The SMILES string of the molecule is CCc1ccc(N(C(=O)CNC(=O)c2cccs2)[C@H](C(=O)NC[C@H]2CCCO2)c2ccc(OC)c(OC)c2)cc1. The van der Waals surface area contributed by atoms with Crippen molar-refractivity contribution in [2.24, 2.45) is 0 Å². The van der Waals surface area contributed by atoms with Crippen LogP contribution in [0.2, 0.25) is 0 Å². The number of aryl methyl sites for hydroxylation is 1. The van der Waals surface area contributed by atoms with Gasteiger partial charge in [-0.15, -0.1) is 11.3 Å². The lowest BCUT2D eigenvalue weighted by Gasteiger charge is -2.32. The zero-order valence-corrected chi connectivity index (χ0v) is 23.8. The normalized spacial score (nSPS) is 15.2. The Hall–Kier alpha value is -3.89. The number of benzene rings is 2. The van der Waals surface area contributed by atoms with Crippen molar-refractivity contribution in [3.05, 3.63) is 76.0 Å². The fourth-order valence-electron chi connectivity index (χ4n) is 4.62. The predicted octanol–water partition coefficient (Wildman–Crippen LogP) is 4.13. The summed E-state index contributed by atoms with van der Waals surface area (Å²) in [5.41, 5.74) is 2.15. The lowest BCUT2D eigenvalue weighted by Crippen LogP contribution is -2.48. The molecule has 0 bridgehead atoms. The third-order valence-corrected chi connectivity index (χ3v) is 7.66. The molecule has 10 heteroatoms. The van der Waals surface area contributed by atoms with Gasteiger partial charge in [0.2, 0.25) is 11.8 Å². The second-order valence-electron chi connectivity index (χ2n) is 9.34. The van der Waals surface area contributed by atoms with Crippen LogP contribution in [-0.2, 0) is 20.7 Å². The highest BCUT2D eigenvalue weighted by molar-refractivity contribution is 7.12. The first-order valence-corrected chi connectivity index (χ1v) is 14.2. The van der Waals surface area contributed by atoms with Crippen LogP contribution in [0.5, 0.6) is 11.5 Å². The number of carbonyl (C=O) groups excluding carboxylic acids is 3. The number of methoxy groups -OCH3 is 2. The summed E-state index contributed by atoms with van der Waals surface area (Å²) in [6.07, 6.45) is 2.55. The molecule has 1 aliphatic heterocycles. The van der Waals surface area contributed by atoms with Crippen LogP contribution in [0.15, 0.2) is 60.0 Å². The summed E-state index contributed by atoms with van der Waals surface area (Å²) in [5.74, 6) is -0.244. The molecule has 2 atom stereocenters. The lowest BCUT2D eigenvalue weighted by molar-refractivity contribution is -0.126. The van der Waals surface area contributed by atoms with E-state index >= 15 is 0 Å². The van der Waals surface area contributed by atoms with Crippen molar-refractivity contribution in [2.45, 2.75) is 38.3 Å². The Morgan fingerprint density at radius 1 is 1.05 bits per heavy atom. The largest absolute Gasteiger partial charge is 0.493 e. The first-order chi connectivity index (χ1) is 19.4. The average molecular weight is 566 g/mol. The number of amides is 3. The summed E-state index contributed by atoms with van der Waals surface area (Å²) < 4.78 is 16.6. The third kappa shape index (κ3) is 7.00. The topological polar surface area (TPSA) is 106 Å². The molecule has 2 aromatic carbocycles. The van der Waals surface area contributed by atoms with Gasteiger partial charge in [0.25, 0.3) is 5.91 Å². The quantitative estimate of drug-likeness (QED) is 0.342. The van der Waals surface area contributed by atoms with Crippen LogP contribution < -0.4 is 25.0 Å². The first kappa shape index (κ1) is 29.1. The van der Waals surface area contributed by atoms with Gasteiger partial charge in [-0.3, -0.25) is 19.3 Å². The number of hydrogen-bond acceptors (Lipinski definition) is 7. The summed E-state index contributed by atoms with van der Waals surface area (Å²) >= 11 is 1.29. The summed E-state index contributed by atoms with van der Waals surface area (Å²) in [5, 5.41) is 7.49. The zero-order valence-electron chi connectivity index (χ0n) is 23.0. The first-order valence-electron chi connectivity index (χ1n) is 13.3. The molecule has 1 fully saturated rings. The molecule has 40 heavy (non-hydrogen) atoms. The van der Waals surface area contributed by atoms with E-state index in [9.17, 15) is 14.4 Å². The Bertz CT molecular complexity index is 1290. The highest BCUT2D eigenvalue weighted by Gasteiger charge is 2.34. The van der Waals surface area contributed by atoms with Crippen molar-refractivity contribution in [1.82, 2.24) is 10.6 Å². The molecule has 4 rings (SSSR count).